The number of benzene rings is 1. The molecule has 6 nitrogen and oxygen atoms in total. The van der Waals surface area contributed by atoms with Gasteiger partial charge in [0.15, 0.2) is 0 Å². The van der Waals surface area contributed by atoms with E-state index in [9.17, 15) is 13.2 Å². The maximum atomic E-state index is 12.6. The van der Waals surface area contributed by atoms with Crippen LogP contribution < -0.4 is 5.32 Å². The molecule has 1 aromatic carbocycles. The zero-order valence-corrected chi connectivity index (χ0v) is 15.2. The quantitative estimate of drug-likeness (QED) is 0.871. The summed E-state index contributed by atoms with van der Waals surface area (Å²) in [5.74, 6) is 0.0516. The van der Waals surface area contributed by atoms with Crippen LogP contribution in [0.5, 0.6) is 0 Å². The first-order valence-corrected chi connectivity index (χ1v) is 9.92. The number of hydrogen-bond donors (Lipinski definition) is 1. The predicted octanol–water partition coefficient (Wildman–Crippen LogP) is 2.40. The summed E-state index contributed by atoms with van der Waals surface area (Å²) in [5.41, 5.74) is 1.40. The van der Waals surface area contributed by atoms with Crippen LogP contribution in [0.15, 0.2) is 52.6 Å². The van der Waals surface area contributed by atoms with Crippen LogP contribution in [0.2, 0.25) is 5.02 Å². The molecule has 0 saturated heterocycles. The van der Waals surface area contributed by atoms with Gasteiger partial charge in [0.25, 0.3) is 15.9 Å². The van der Waals surface area contributed by atoms with Gasteiger partial charge >= 0.3 is 0 Å². The van der Waals surface area contributed by atoms with Gasteiger partial charge < -0.3 is 10.2 Å². The van der Waals surface area contributed by atoms with Gasteiger partial charge in [0.1, 0.15) is 5.84 Å². The highest BCUT2D eigenvalue weighted by atomic mass is 35.5. The van der Waals surface area contributed by atoms with Gasteiger partial charge in [-0.05, 0) is 36.3 Å². The number of rotatable bonds is 4. The lowest BCUT2D eigenvalue weighted by molar-refractivity contribution is -0.118. The van der Waals surface area contributed by atoms with Gasteiger partial charge in [0.2, 0.25) is 0 Å². The molecule has 3 rings (SSSR count). The fourth-order valence-electron chi connectivity index (χ4n) is 2.72. The van der Waals surface area contributed by atoms with Crippen LogP contribution in [0.3, 0.4) is 0 Å². The molecule has 1 amide bonds. The van der Waals surface area contributed by atoms with Crippen LogP contribution in [0.4, 0.5) is 0 Å². The van der Waals surface area contributed by atoms with Crippen LogP contribution in [0.25, 0.3) is 0 Å². The SMILES string of the molecule is CCC(NC(=O)C1=CN2CCS(=O)(=O)N=C2C=C1)c1cccc(Cl)c1. The average molecular weight is 380 g/mol. The van der Waals surface area contributed by atoms with Crippen molar-refractivity contribution >= 4 is 33.4 Å². The van der Waals surface area contributed by atoms with Crippen LogP contribution >= 0.6 is 11.6 Å². The average Bonchev–Trinajstić information content (AvgIpc) is 2.58. The standard InChI is InChI=1S/C17H18ClN3O3S/c1-2-15(12-4-3-5-14(18)10-12)19-17(22)13-6-7-16-20-25(23,24)9-8-21(16)11-13/h3-7,10-11,15H,2,8-9H2,1H3,(H,19,22). The van der Waals surface area contributed by atoms with Gasteiger partial charge in [0.05, 0.1) is 17.4 Å². The largest absolute Gasteiger partial charge is 0.345 e. The number of amidine groups is 1. The Kier molecular flexibility index (Phi) is 4.96. The molecule has 2 aliphatic rings. The summed E-state index contributed by atoms with van der Waals surface area (Å²) in [4.78, 5) is 14.3. The Balaban J connectivity index is 1.76. The first-order valence-electron chi connectivity index (χ1n) is 7.93. The molecule has 0 aliphatic carbocycles. The summed E-state index contributed by atoms with van der Waals surface area (Å²) in [6.07, 6.45) is 5.48. The number of sulfonamides is 1. The van der Waals surface area contributed by atoms with E-state index in [1.54, 1.807) is 29.3 Å². The number of halogens is 1. The number of carbonyl (C=O) groups excluding carboxylic acids is 1. The van der Waals surface area contributed by atoms with Crippen molar-refractivity contribution in [2.45, 2.75) is 19.4 Å². The first-order chi connectivity index (χ1) is 11.9. The molecular formula is C17H18ClN3O3S. The first kappa shape index (κ1) is 17.7. The maximum absolute atomic E-state index is 12.6. The molecule has 1 N–H and O–H groups in total. The monoisotopic (exact) mass is 379 g/mol. The Morgan fingerprint density at radius 2 is 2.20 bits per heavy atom. The molecule has 1 unspecified atom stereocenters. The van der Waals surface area contributed by atoms with Crippen molar-refractivity contribution in [2.75, 3.05) is 12.3 Å². The summed E-state index contributed by atoms with van der Waals surface area (Å²) in [6.45, 7) is 2.27. The van der Waals surface area contributed by atoms with Crippen molar-refractivity contribution in [2.24, 2.45) is 4.40 Å². The highest BCUT2D eigenvalue weighted by molar-refractivity contribution is 7.90. The molecule has 0 bridgehead atoms. The highest BCUT2D eigenvalue weighted by Gasteiger charge is 2.25. The minimum absolute atomic E-state index is 0.0597. The third-order valence-corrected chi connectivity index (χ3v) is 5.45. The topological polar surface area (TPSA) is 78.8 Å². The van der Waals surface area contributed by atoms with Crippen molar-refractivity contribution in [3.8, 4) is 0 Å². The third kappa shape index (κ3) is 4.11. The van der Waals surface area contributed by atoms with Crippen molar-refractivity contribution in [3.05, 3.63) is 58.8 Å². The lowest BCUT2D eigenvalue weighted by atomic mass is 10.0. The van der Waals surface area contributed by atoms with E-state index in [4.69, 9.17) is 11.6 Å². The second kappa shape index (κ2) is 7.01. The lowest BCUT2D eigenvalue weighted by Crippen LogP contribution is -2.38. The van der Waals surface area contributed by atoms with Gasteiger partial charge in [-0.3, -0.25) is 4.79 Å². The lowest BCUT2D eigenvalue weighted by Gasteiger charge is -2.27. The van der Waals surface area contributed by atoms with Gasteiger partial charge in [0, 0.05) is 17.8 Å². The van der Waals surface area contributed by atoms with E-state index in [2.05, 4.69) is 9.71 Å². The summed E-state index contributed by atoms with van der Waals surface area (Å²) in [7, 11) is -3.40. The molecule has 0 fully saturated rings. The zero-order valence-electron chi connectivity index (χ0n) is 13.6. The number of carbonyl (C=O) groups is 1. The van der Waals surface area contributed by atoms with Crippen molar-refractivity contribution < 1.29 is 13.2 Å². The number of hydrogen-bond acceptors (Lipinski definition) is 4. The van der Waals surface area contributed by atoms with E-state index in [-0.39, 0.29) is 24.2 Å². The molecule has 0 spiro atoms. The minimum atomic E-state index is -3.40. The zero-order chi connectivity index (χ0) is 18.0. The second-order valence-electron chi connectivity index (χ2n) is 5.84. The number of nitrogens with zero attached hydrogens (tertiary/aromatic N) is 2. The Bertz CT molecular complexity index is 890. The van der Waals surface area contributed by atoms with E-state index in [1.165, 1.54) is 0 Å². The molecule has 2 heterocycles. The van der Waals surface area contributed by atoms with Crippen LogP contribution in [-0.2, 0) is 14.8 Å². The Hall–Kier alpha value is -2.12. The number of nitrogens with one attached hydrogen (secondary N) is 1. The fraction of sp³-hybridized carbons (Fsp3) is 0.294. The molecule has 1 aromatic rings. The summed E-state index contributed by atoms with van der Waals surface area (Å²) >= 11 is 6.03. The van der Waals surface area contributed by atoms with Gasteiger partial charge in [-0.2, -0.15) is 0 Å². The molecule has 1 atom stereocenters. The van der Waals surface area contributed by atoms with Crippen molar-refractivity contribution in [3.63, 3.8) is 0 Å². The Labute approximate surface area is 151 Å². The van der Waals surface area contributed by atoms with E-state index >= 15 is 0 Å². The van der Waals surface area contributed by atoms with Crippen LogP contribution in [0.1, 0.15) is 24.9 Å². The Morgan fingerprint density at radius 1 is 1.40 bits per heavy atom. The van der Waals surface area contributed by atoms with E-state index in [0.717, 1.165) is 12.0 Å². The number of amides is 1. The number of fused-ring (bicyclic) bond motifs is 1. The van der Waals surface area contributed by atoms with Crippen LogP contribution in [0, 0.1) is 0 Å². The summed E-state index contributed by atoms with van der Waals surface area (Å²) in [6, 6.07) is 7.24. The van der Waals surface area contributed by atoms with Gasteiger partial charge in [-0.1, -0.05) is 30.7 Å². The molecular weight excluding hydrogens is 362 g/mol. The smallest absolute Gasteiger partial charge is 0.256 e. The van der Waals surface area contributed by atoms with Crippen molar-refractivity contribution in [1.82, 2.24) is 10.2 Å². The fourth-order valence-corrected chi connectivity index (χ4v) is 3.89. The van der Waals surface area contributed by atoms with Crippen LogP contribution in [-0.4, -0.2) is 37.4 Å². The molecule has 0 radical (unpaired) electrons. The van der Waals surface area contributed by atoms with Gasteiger partial charge in [-0.25, -0.2) is 8.42 Å². The molecule has 25 heavy (non-hydrogen) atoms. The maximum Gasteiger partial charge on any atom is 0.256 e. The Morgan fingerprint density at radius 3 is 2.92 bits per heavy atom. The molecule has 2 aliphatic heterocycles. The minimum Gasteiger partial charge on any atom is -0.345 e. The molecule has 132 valence electrons. The van der Waals surface area contributed by atoms with Gasteiger partial charge in [-0.15, -0.1) is 4.40 Å². The molecule has 0 saturated carbocycles. The van der Waals surface area contributed by atoms with Crippen molar-refractivity contribution in [1.29, 1.82) is 0 Å². The predicted molar refractivity (Wildman–Crippen MR) is 97.8 cm³/mol. The molecule has 8 heteroatoms. The second-order valence-corrected chi connectivity index (χ2v) is 8.03. The molecule has 0 aromatic heterocycles. The van der Waals surface area contributed by atoms with E-state index in [1.807, 2.05) is 25.1 Å². The third-order valence-electron chi connectivity index (χ3n) is 4.05. The summed E-state index contributed by atoms with van der Waals surface area (Å²) in [5, 5.41) is 3.61. The normalized spacial score (nSPS) is 19.5. The highest BCUT2D eigenvalue weighted by Crippen LogP contribution is 2.22. The summed E-state index contributed by atoms with van der Waals surface area (Å²) < 4.78 is 26.8. The van der Waals surface area contributed by atoms with E-state index < -0.39 is 10.0 Å². The van der Waals surface area contributed by atoms with E-state index in [0.29, 0.717) is 16.4 Å².